The van der Waals surface area contributed by atoms with Crippen molar-refractivity contribution in [1.29, 1.82) is 0 Å². The molecule has 0 fully saturated rings. The Hall–Kier alpha value is -2.34. The van der Waals surface area contributed by atoms with Crippen LogP contribution in [0.1, 0.15) is 37.2 Å². The molecule has 0 aliphatic carbocycles. The average Bonchev–Trinajstić information content (AvgIpc) is 2.87. The number of rotatable bonds is 6. The van der Waals surface area contributed by atoms with Crippen LogP contribution in [-0.4, -0.2) is 38.8 Å². The molecular weight excluding hydrogens is 328 g/mol. The Morgan fingerprint density at radius 2 is 2.12 bits per heavy atom. The van der Waals surface area contributed by atoms with E-state index in [2.05, 4.69) is 39.9 Å². The van der Waals surface area contributed by atoms with Crippen molar-refractivity contribution < 1.29 is 9.90 Å². The van der Waals surface area contributed by atoms with E-state index >= 15 is 0 Å². The summed E-state index contributed by atoms with van der Waals surface area (Å²) in [7, 11) is 0. The van der Waals surface area contributed by atoms with Crippen molar-refractivity contribution >= 4 is 5.91 Å². The maximum absolute atomic E-state index is 12.1. The molecular formula is C20H28N4O2. The maximum Gasteiger partial charge on any atom is 0.224 e. The van der Waals surface area contributed by atoms with E-state index in [0.29, 0.717) is 18.0 Å². The third kappa shape index (κ3) is 4.85. The second-order valence-corrected chi connectivity index (χ2v) is 7.41. The molecule has 1 amide bonds. The van der Waals surface area contributed by atoms with Gasteiger partial charge in [0.2, 0.25) is 5.91 Å². The third-order valence-electron chi connectivity index (χ3n) is 4.58. The number of carbonyl (C=O) groups excluding carboxylic acids is 1. The van der Waals surface area contributed by atoms with Gasteiger partial charge in [0.15, 0.2) is 0 Å². The summed E-state index contributed by atoms with van der Waals surface area (Å²) in [6.45, 7) is 8.94. The fourth-order valence-corrected chi connectivity index (χ4v) is 3.43. The molecule has 0 saturated heterocycles. The first kappa shape index (κ1) is 18.5. The summed E-state index contributed by atoms with van der Waals surface area (Å²) in [4.78, 5) is 14.6. The molecule has 0 atom stereocenters. The van der Waals surface area contributed by atoms with E-state index in [1.54, 1.807) is 18.2 Å². The van der Waals surface area contributed by atoms with Crippen molar-refractivity contribution in [2.75, 3.05) is 13.1 Å². The standard InChI is InChI=1S/C20H28N4O2/c1-15(2)13-23-8-5-9-24-18(14-23)11-17(22-24)12-21-20(26)10-16-6-3-4-7-19(16)25/h3-4,6-7,11,15,25H,5,8-10,12-14H2,1-2H3,(H,21,26). The SMILES string of the molecule is CC(C)CN1CCCn2nc(CNC(=O)Cc3ccccc3O)cc2C1. The van der Waals surface area contributed by atoms with Crippen molar-refractivity contribution in [2.45, 2.75) is 46.3 Å². The minimum atomic E-state index is -0.115. The molecule has 1 aromatic heterocycles. The smallest absolute Gasteiger partial charge is 0.224 e. The Morgan fingerprint density at radius 3 is 2.88 bits per heavy atom. The molecule has 140 valence electrons. The van der Waals surface area contributed by atoms with E-state index in [9.17, 15) is 9.90 Å². The summed E-state index contributed by atoms with van der Waals surface area (Å²) in [5, 5.41) is 17.3. The number of hydrogen-bond donors (Lipinski definition) is 2. The number of nitrogens with one attached hydrogen (secondary N) is 1. The van der Waals surface area contributed by atoms with Crippen LogP contribution in [0.4, 0.5) is 0 Å². The van der Waals surface area contributed by atoms with Gasteiger partial charge in [0.1, 0.15) is 5.75 Å². The number of hydrogen-bond acceptors (Lipinski definition) is 4. The second kappa shape index (κ2) is 8.36. The molecule has 2 heterocycles. The molecule has 1 aliphatic heterocycles. The van der Waals surface area contributed by atoms with Crippen molar-refractivity contribution in [3.63, 3.8) is 0 Å². The molecule has 0 radical (unpaired) electrons. The Labute approximate surface area is 154 Å². The highest BCUT2D eigenvalue weighted by Gasteiger charge is 2.17. The fourth-order valence-electron chi connectivity index (χ4n) is 3.43. The summed E-state index contributed by atoms with van der Waals surface area (Å²) >= 11 is 0. The maximum atomic E-state index is 12.1. The number of aryl methyl sites for hydroxylation is 1. The lowest BCUT2D eigenvalue weighted by Crippen LogP contribution is -2.27. The number of carbonyl (C=O) groups is 1. The normalized spacial score (nSPS) is 14.9. The monoisotopic (exact) mass is 356 g/mol. The van der Waals surface area contributed by atoms with Crippen LogP contribution in [0.2, 0.25) is 0 Å². The number of para-hydroxylation sites is 1. The van der Waals surface area contributed by atoms with Gasteiger partial charge < -0.3 is 10.4 Å². The average molecular weight is 356 g/mol. The summed E-state index contributed by atoms with van der Waals surface area (Å²) in [5.74, 6) is 0.690. The van der Waals surface area contributed by atoms with E-state index in [-0.39, 0.29) is 18.1 Å². The van der Waals surface area contributed by atoms with Gasteiger partial charge in [-0.05, 0) is 24.5 Å². The van der Waals surface area contributed by atoms with Gasteiger partial charge >= 0.3 is 0 Å². The van der Waals surface area contributed by atoms with Gasteiger partial charge in [-0.25, -0.2) is 0 Å². The van der Waals surface area contributed by atoms with Crippen molar-refractivity contribution in [1.82, 2.24) is 20.0 Å². The van der Waals surface area contributed by atoms with Gasteiger partial charge in [0, 0.05) is 31.7 Å². The second-order valence-electron chi connectivity index (χ2n) is 7.41. The van der Waals surface area contributed by atoms with Gasteiger partial charge in [-0.3, -0.25) is 14.4 Å². The Kier molecular flexibility index (Phi) is 5.93. The zero-order valence-corrected chi connectivity index (χ0v) is 15.6. The molecule has 3 rings (SSSR count). The lowest BCUT2D eigenvalue weighted by atomic mass is 10.1. The molecule has 0 bridgehead atoms. The molecule has 26 heavy (non-hydrogen) atoms. The highest BCUT2D eigenvalue weighted by Crippen LogP contribution is 2.17. The summed E-state index contributed by atoms with van der Waals surface area (Å²) in [6.07, 6.45) is 1.27. The molecule has 6 heteroatoms. The van der Waals surface area contributed by atoms with E-state index in [0.717, 1.165) is 38.3 Å². The number of fused-ring (bicyclic) bond motifs is 1. The van der Waals surface area contributed by atoms with Gasteiger partial charge in [-0.15, -0.1) is 0 Å². The molecule has 6 nitrogen and oxygen atoms in total. The van der Waals surface area contributed by atoms with Crippen molar-refractivity contribution in [2.24, 2.45) is 5.92 Å². The first-order valence-electron chi connectivity index (χ1n) is 9.33. The van der Waals surface area contributed by atoms with Gasteiger partial charge in [-0.2, -0.15) is 5.10 Å². The highest BCUT2D eigenvalue weighted by atomic mass is 16.3. The zero-order chi connectivity index (χ0) is 18.5. The lowest BCUT2D eigenvalue weighted by molar-refractivity contribution is -0.120. The van der Waals surface area contributed by atoms with Crippen LogP contribution in [-0.2, 0) is 30.8 Å². The zero-order valence-electron chi connectivity index (χ0n) is 15.6. The Bertz CT molecular complexity index is 754. The van der Waals surface area contributed by atoms with E-state index in [1.165, 1.54) is 5.69 Å². The molecule has 0 saturated carbocycles. The van der Waals surface area contributed by atoms with Crippen molar-refractivity contribution in [3.8, 4) is 5.75 Å². The van der Waals surface area contributed by atoms with E-state index in [4.69, 9.17) is 0 Å². The molecule has 2 aromatic rings. The van der Waals surface area contributed by atoms with Crippen LogP contribution in [0.25, 0.3) is 0 Å². The summed E-state index contributed by atoms with van der Waals surface area (Å²) in [6, 6.07) is 9.02. The summed E-state index contributed by atoms with van der Waals surface area (Å²) in [5.41, 5.74) is 2.74. The number of benzene rings is 1. The molecule has 0 spiro atoms. The molecule has 0 unspecified atom stereocenters. The minimum Gasteiger partial charge on any atom is -0.508 e. The summed E-state index contributed by atoms with van der Waals surface area (Å²) < 4.78 is 2.07. The predicted molar refractivity (Wildman–Crippen MR) is 101 cm³/mol. The predicted octanol–water partition coefficient (Wildman–Crippen LogP) is 2.31. The van der Waals surface area contributed by atoms with Crippen LogP contribution in [0.3, 0.4) is 0 Å². The van der Waals surface area contributed by atoms with Crippen LogP contribution < -0.4 is 5.32 Å². The number of aromatic nitrogens is 2. The molecule has 2 N–H and O–H groups in total. The Balaban J connectivity index is 1.56. The first-order chi connectivity index (χ1) is 12.5. The van der Waals surface area contributed by atoms with E-state index in [1.807, 2.05) is 6.07 Å². The van der Waals surface area contributed by atoms with E-state index < -0.39 is 0 Å². The van der Waals surface area contributed by atoms with Gasteiger partial charge in [0.05, 0.1) is 24.4 Å². The van der Waals surface area contributed by atoms with Crippen molar-refractivity contribution in [3.05, 3.63) is 47.3 Å². The number of amides is 1. The first-order valence-corrected chi connectivity index (χ1v) is 9.33. The highest BCUT2D eigenvalue weighted by molar-refractivity contribution is 5.79. The van der Waals surface area contributed by atoms with Gasteiger partial charge in [0.25, 0.3) is 0 Å². The number of phenols is 1. The number of phenolic OH excluding ortho intramolecular Hbond substituents is 1. The lowest BCUT2D eigenvalue weighted by Gasteiger charge is -2.21. The van der Waals surface area contributed by atoms with Crippen LogP contribution >= 0.6 is 0 Å². The van der Waals surface area contributed by atoms with Gasteiger partial charge in [-0.1, -0.05) is 32.0 Å². The largest absolute Gasteiger partial charge is 0.508 e. The fraction of sp³-hybridized carbons (Fsp3) is 0.500. The number of nitrogens with zero attached hydrogens (tertiary/aromatic N) is 3. The van der Waals surface area contributed by atoms with Crippen LogP contribution in [0.5, 0.6) is 5.75 Å². The Morgan fingerprint density at radius 1 is 1.31 bits per heavy atom. The quantitative estimate of drug-likeness (QED) is 0.833. The third-order valence-corrected chi connectivity index (χ3v) is 4.58. The topological polar surface area (TPSA) is 70.4 Å². The van der Waals surface area contributed by atoms with Crippen LogP contribution in [0.15, 0.2) is 30.3 Å². The van der Waals surface area contributed by atoms with Crippen LogP contribution in [0, 0.1) is 5.92 Å². The minimum absolute atomic E-state index is 0.115. The molecule has 1 aromatic carbocycles. The number of aromatic hydroxyl groups is 1. The molecule has 1 aliphatic rings.